The molecule has 4 aromatic carbocycles. The lowest BCUT2D eigenvalue weighted by Crippen LogP contribution is -2.40. The molecule has 1 atom stereocenters. The lowest BCUT2D eigenvalue weighted by atomic mass is 9.95. The number of hydrogen-bond acceptors (Lipinski definition) is 8. The molecule has 232 valence electrons. The Morgan fingerprint density at radius 2 is 1.72 bits per heavy atom. The molecule has 0 bridgehead atoms. The number of carbonyl (C=O) groups is 2. The van der Waals surface area contributed by atoms with E-state index in [4.69, 9.17) is 19.2 Å². The summed E-state index contributed by atoms with van der Waals surface area (Å²) in [5, 5.41) is 4.75. The van der Waals surface area contributed by atoms with E-state index in [0.29, 0.717) is 43.4 Å². The van der Waals surface area contributed by atoms with Crippen molar-refractivity contribution in [1.82, 2.24) is 4.57 Å². The van der Waals surface area contributed by atoms with Crippen LogP contribution in [0, 0.1) is 0 Å². The number of esters is 1. The van der Waals surface area contributed by atoms with Crippen molar-refractivity contribution in [2.24, 2.45) is 4.99 Å². The molecule has 0 fully saturated rings. The normalized spacial score (nSPS) is 14.4. The summed E-state index contributed by atoms with van der Waals surface area (Å²) >= 11 is 1.22. The van der Waals surface area contributed by atoms with Crippen LogP contribution in [-0.2, 0) is 14.3 Å². The lowest BCUT2D eigenvalue weighted by Gasteiger charge is -2.25. The number of carbonyl (C=O) groups excluding carboxylic acids is 2. The number of amides is 1. The Bertz CT molecular complexity index is 2150. The Morgan fingerprint density at radius 1 is 0.978 bits per heavy atom. The first-order valence-electron chi connectivity index (χ1n) is 14.7. The second-order valence-corrected chi connectivity index (χ2v) is 11.5. The van der Waals surface area contributed by atoms with Gasteiger partial charge in [-0.25, -0.2) is 9.79 Å². The van der Waals surface area contributed by atoms with Crippen molar-refractivity contribution in [3.63, 3.8) is 0 Å². The Balaban J connectivity index is 1.51. The van der Waals surface area contributed by atoms with E-state index in [0.717, 1.165) is 16.3 Å². The average molecular weight is 634 g/mol. The lowest BCUT2D eigenvalue weighted by molar-refractivity contribution is -0.145. The van der Waals surface area contributed by atoms with Crippen molar-refractivity contribution in [3.05, 3.63) is 133 Å². The molecule has 2 heterocycles. The second kappa shape index (κ2) is 13.3. The fraction of sp³-hybridized carbons (Fsp3) is 0.167. The van der Waals surface area contributed by atoms with Crippen molar-refractivity contribution in [2.45, 2.75) is 19.9 Å². The Hall–Kier alpha value is -5.48. The topological polar surface area (TPSA) is 108 Å². The predicted molar refractivity (Wildman–Crippen MR) is 178 cm³/mol. The highest BCUT2D eigenvalue weighted by Crippen LogP contribution is 2.32. The van der Waals surface area contributed by atoms with E-state index in [2.05, 4.69) is 5.32 Å². The number of nitrogens with one attached hydrogen (secondary N) is 1. The SMILES string of the molecule is CCOC(=O)COc1ccc2ccccc2c1/C=c1/sc2n(c1=O)[C@@H](c1ccc(OC)cc1)C(C(=O)Nc1ccccc1)=C(C)N=2. The molecule has 0 saturated carbocycles. The van der Waals surface area contributed by atoms with Crippen molar-refractivity contribution >= 4 is 45.7 Å². The average Bonchev–Trinajstić information content (AvgIpc) is 3.38. The third-order valence-corrected chi connectivity index (χ3v) is 8.57. The summed E-state index contributed by atoms with van der Waals surface area (Å²) in [6.07, 6.45) is 1.76. The highest BCUT2D eigenvalue weighted by Gasteiger charge is 2.32. The zero-order chi connectivity index (χ0) is 32.2. The van der Waals surface area contributed by atoms with E-state index in [1.807, 2.05) is 60.7 Å². The van der Waals surface area contributed by atoms with E-state index in [-0.39, 0.29) is 24.7 Å². The van der Waals surface area contributed by atoms with E-state index in [1.165, 1.54) is 11.3 Å². The van der Waals surface area contributed by atoms with Gasteiger partial charge in [-0.2, -0.15) is 0 Å². The Kier molecular flexibility index (Phi) is 8.80. The molecule has 9 nitrogen and oxygen atoms in total. The number of nitrogens with zero attached hydrogens (tertiary/aromatic N) is 2. The van der Waals surface area contributed by atoms with Gasteiger partial charge in [0.15, 0.2) is 11.4 Å². The summed E-state index contributed by atoms with van der Waals surface area (Å²) in [6, 6.07) is 27.1. The molecular formula is C36H31N3O6S. The van der Waals surface area contributed by atoms with Gasteiger partial charge >= 0.3 is 5.97 Å². The van der Waals surface area contributed by atoms with Crippen LogP contribution in [0.3, 0.4) is 0 Å². The molecule has 5 aromatic rings. The van der Waals surface area contributed by atoms with E-state index >= 15 is 0 Å². The number of para-hydroxylation sites is 1. The molecular weight excluding hydrogens is 602 g/mol. The molecule has 1 aromatic heterocycles. The van der Waals surface area contributed by atoms with Gasteiger partial charge in [-0.1, -0.05) is 72.0 Å². The van der Waals surface area contributed by atoms with Crippen LogP contribution in [0.25, 0.3) is 16.8 Å². The zero-order valence-electron chi connectivity index (χ0n) is 25.5. The summed E-state index contributed by atoms with van der Waals surface area (Å²) in [7, 11) is 1.58. The summed E-state index contributed by atoms with van der Waals surface area (Å²) in [6.45, 7) is 3.48. The largest absolute Gasteiger partial charge is 0.497 e. The van der Waals surface area contributed by atoms with Gasteiger partial charge in [-0.3, -0.25) is 14.2 Å². The van der Waals surface area contributed by atoms with Crippen LogP contribution < -0.4 is 29.7 Å². The van der Waals surface area contributed by atoms with Crippen LogP contribution >= 0.6 is 11.3 Å². The molecule has 0 radical (unpaired) electrons. The van der Waals surface area contributed by atoms with Gasteiger partial charge in [0.05, 0.1) is 35.6 Å². The minimum atomic E-state index is -0.750. The highest BCUT2D eigenvalue weighted by molar-refractivity contribution is 7.07. The third kappa shape index (κ3) is 6.07. The van der Waals surface area contributed by atoms with Crippen LogP contribution in [0.4, 0.5) is 5.69 Å². The number of methoxy groups -OCH3 is 1. The smallest absolute Gasteiger partial charge is 0.344 e. The van der Waals surface area contributed by atoms with Gasteiger partial charge in [0.25, 0.3) is 11.5 Å². The van der Waals surface area contributed by atoms with Crippen LogP contribution in [0.5, 0.6) is 11.5 Å². The van der Waals surface area contributed by atoms with Crippen molar-refractivity contribution in [1.29, 1.82) is 0 Å². The number of aromatic nitrogens is 1. The van der Waals surface area contributed by atoms with Crippen LogP contribution in [-0.4, -0.2) is 36.8 Å². The standard InChI is InChI=1S/C36H31N3O6S/c1-4-44-31(40)21-45-29-19-16-23-10-8-9-13-27(23)28(29)20-30-35(42)39-33(24-14-17-26(43-3)18-15-24)32(22(2)37-36(39)46-30)34(41)38-25-11-6-5-7-12-25/h5-20,33H,4,21H2,1-3H3,(H,38,41)/b30-20+/t33-/m0/s1. The van der Waals surface area contributed by atoms with Gasteiger partial charge in [-0.15, -0.1) is 0 Å². The monoisotopic (exact) mass is 633 g/mol. The maximum Gasteiger partial charge on any atom is 0.344 e. The number of rotatable bonds is 9. The number of hydrogen-bond donors (Lipinski definition) is 1. The van der Waals surface area contributed by atoms with E-state index in [1.54, 1.807) is 61.9 Å². The van der Waals surface area contributed by atoms with Gasteiger partial charge in [-0.05, 0) is 66.6 Å². The van der Waals surface area contributed by atoms with Crippen molar-refractivity contribution in [2.75, 3.05) is 25.6 Å². The Labute approximate surface area is 268 Å². The zero-order valence-corrected chi connectivity index (χ0v) is 26.3. The van der Waals surface area contributed by atoms with E-state index < -0.39 is 12.0 Å². The molecule has 6 rings (SSSR count). The fourth-order valence-corrected chi connectivity index (χ4v) is 6.48. The minimum Gasteiger partial charge on any atom is -0.497 e. The number of ether oxygens (including phenoxy) is 3. The minimum absolute atomic E-state index is 0.244. The molecule has 1 amide bonds. The second-order valence-electron chi connectivity index (χ2n) is 10.5. The summed E-state index contributed by atoms with van der Waals surface area (Å²) in [4.78, 5) is 45.5. The number of anilines is 1. The predicted octanol–water partition coefficient (Wildman–Crippen LogP) is 4.98. The summed E-state index contributed by atoms with van der Waals surface area (Å²) < 4.78 is 18.3. The van der Waals surface area contributed by atoms with Crippen LogP contribution in [0.1, 0.15) is 31.0 Å². The third-order valence-electron chi connectivity index (χ3n) is 7.59. The highest BCUT2D eigenvalue weighted by atomic mass is 32.1. The molecule has 1 aliphatic heterocycles. The number of allylic oxidation sites excluding steroid dienone is 1. The molecule has 0 unspecified atom stereocenters. The number of thiazole rings is 1. The first-order valence-corrected chi connectivity index (χ1v) is 15.5. The van der Waals surface area contributed by atoms with Crippen molar-refractivity contribution in [3.8, 4) is 11.5 Å². The van der Waals surface area contributed by atoms with E-state index in [9.17, 15) is 14.4 Å². The molecule has 1 aliphatic rings. The summed E-state index contributed by atoms with van der Waals surface area (Å²) in [5.74, 6) is 0.241. The molecule has 0 aliphatic carbocycles. The van der Waals surface area contributed by atoms with Gasteiger partial charge < -0.3 is 19.5 Å². The van der Waals surface area contributed by atoms with Crippen LogP contribution in [0.15, 0.2) is 112 Å². The maximum atomic E-state index is 14.3. The maximum absolute atomic E-state index is 14.3. The first-order chi connectivity index (χ1) is 22.4. The molecule has 46 heavy (non-hydrogen) atoms. The molecule has 1 N–H and O–H groups in total. The van der Waals surface area contributed by atoms with Crippen LogP contribution in [0.2, 0.25) is 0 Å². The van der Waals surface area contributed by atoms with Crippen molar-refractivity contribution < 1.29 is 23.8 Å². The summed E-state index contributed by atoms with van der Waals surface area (Å²) in [5.41, 5.74) is 2.55. The first kappa shape index (κ1) is 30.5. The number of fused-ring (bicyclic) bond motifs is 2. The molecule has 10 heteroatoms. The van der Waals surface area contributed by atoms with Gasteiger partial charge in [0.1, 0.15) is 11.5 Å². The molecule has 0 saturated heterocycles. The Morgan fingerprint density at radius 3 is 2.46 bits per heavy atom. The van der Waals surface area contributed by atoms with Gasteiger partial charge in [0, 0.05) is 11.3 Å². The van der Waals surface area contributed by atoms with Gasteiger partial charge in [0.2, 0.25) is 0 Å². The molecule has 0 spiro atoms. The quantitative estimate of drug-likeness (QED) is 0.230. The fourth-order valence-electron chi connectivity index (χ4n) is 5.45. The number of benzene rings is 4.